The van der Waals surface area contributed by atoms with Gasteiger partial charge in [-0.2, -0.15) is 4.91 Å². The summed E-state index contributed by atoms with van der Waals surface area (Å²) in [5, 5.41) is 10.5. The van der Waals surface area contributed by atoms with Crippen molar-refractivity contribution in [3.05, 3.63) is 4.91 Å². The molecule has 0 aliphatic rings. The number of hydrogen-bond acceptors (Lipinski definition) is 3. The average molecular weight is 89.1 g/mol. The zero-order chi connectivity index (χ0) is 4.83. The third kappa shape index (κ3) is 3.56. The van der Waals surface area contributed by atoms with Crippen molar-refractivity contribution in [3.63, 3.8) is 0 Å². The lowest BCUT2D eigenvalue weighted by molar-refractivity contribution is 0.291. The predicted molar refractivity (Wildman–Crippen MR) is 22.4 cm³/mol. The Morgan fingerprint density at radius 2 is 2.33 bits per heavy atom. The monoisotopic (exact) mass is 89.0 g/mol. The van der Waals surface area contributed by atoms with Crippen molar-refractivity contribution >= 4 is 0 Å². The SMILES string of the molecule is O=NCCCO. The van der Waals surface area contributed by atoms with E-state index in [-0.39, 0.29) is 13.2 Å². The Kier molecular flexibility index (Phi) is 4.23. The first-order valence-electron chi connectivity index (χ1n) is 1.82. The van der Waals surface area contributed by atoms with Crippen molar-refractivity contribution in [3.8, 4) is 0 Å². The molecule has 0 saturated carbocycles. The van der Waals surface area contributed by atoms with Crippen LogP contribution in [0, 0.1) is 4.91 Å². The quantitative estimate of drug-likeness (QED) is 0.395. The van der Waals surface area contributed by atoms with Gasteiger partial charge in [0.2, 0.25) is 0 Å². The van der Waals surface area contributed by atoms with Gasteiger partial charge in [-0.3, -0.25) is 0 Å². The molecule has 0 aliphatic carbocycles. The maximum atomic E-state index is 9.20. The van der Waals surface area contributed by atoms with Crippen LogP contribution in [0.15, 0.2) is 5.18 Å². The van der Waals surface area contributed by atoms with Crippen LogP contribution >= 0.6 is 0 Å². The largest absolute Gasteiger partial charge is 0.396 e. The Labute approximate surface area is 36.0 Å². The van der Waals surface area contributed by atoms with E-state index in [1.807, 2.05) is 0 Å². The van der Waals surface area contributed by atoms with Crippen molar-refractivity contribution in [2.75, 3.05) is 13.2 Å². The fourth-order valence-electron chi connectivity index (χ4n) is 0.135. The summed E-state index contributed by atoms with van der Waals surface area (Å²) in [7, 11) is 0. The summed E-state index contributed by atoms with van der Waals surface area (Å²) in [5.74, 6) is 0. The van der Waals surface area contributed by atoms with E-state index < -0.39 is 0 Å². The number of hydrogen-bond donors (Lipinski definition) is 1. The van der Waals surface area contributed by atoms with Gasteiger partial charge in [0.05, 0.1) is 6.54 Å². The summed E-state index contributed by atoms with van der Waals surface area (Å²) < 4.78 is 0. The molecule has 0 bridgehead atoms. The van der Waals surface area contributed by atoms with Crippen molar-refractivity contribution in [1.29, 1.82) is 0 Å². The fraction of sp³-hybridized carbons (Fsp3) is 1.00. The number of aliphatic hydroxyl groups excluding tert-OH is 1. The minimum absolute atomic E-state index is 0.0613. The zero-order valence-corrected chi connectivity index (χ0v) is 3.42. The lowest BCUT2D eigenvalue weighted by Gasteiger charge is -1.78. The molecule has 1 N–H and O–H groups in total. The van der Waals surface area contributed by atoms with E-state index in [4.69, 9.17) is 5.11 Å². The molecule has 0 atom stereocenters. The van der Waals surface area contributed by atoms with Gasteiger partial charge in [-0.25, -0.2) is 0 Å². The third-order valence-corrected chi connectivity index (χ3v) is 0.408. The lowest BCUT2D eigenvalue weighted by atomic mass is 10.5. The van der Waals surface area contributed by atoms with Gasteiger partial charge in [0, 0.05) is 6.61 Å². The van der Waals surface area contributed by atoms with E-state index in [2.05, 4.69) is 5.18 Å². The summed E-state index contributed by atoms with van der Waals surface area (Å²) in [6.07, 6.45) is 0.490. The van der Waals surface area contributed by atoms with Crippen LogP contribution in [-0.2, 0) is 0 Å². The van der Waals surface area contributed by atoms with E-state index in [1.165, 1.54) is 0 Å². The average Bonchev–Trinajstić information content (AvgIpc) is 1.61. The molecule has 0 aliphatic heterocycles. The molecule has 0 saturated heterocycles. The van der Waals surface area contributed by atoms with Gasteiger partial charge in [0.25, 0.3) is 0 Å². The van der Waals surface area contributed by atoms with Crippen LogP contribution in [0.25, 0.3) is 0 Å². The molecule has 36 valence electrons. The number of rotatable bonds is 3. The van der Waals surface area contributed by atoms with E-state index >= 15 is 0 Å². The lowest BCUT2D eigenvalue weighted by Crippen LogP contribution is -1.83. The van der Waals surface area contributed by atoms with Gasteiger partial charge in [0.15, 0.2) is 0 Å². The predicted octanol–water partition coefficient (Wildman–Crippen LogP) is 0.135. The van der Waals surface area contributed by atoms with Crippen molar-refractivity contribution in [2.45, 2.75) is 6.42 Å². The van der Waals surface area contributed by atoms with Gasteiger partial charge in [0.1, 0.15) is 0 Å². The van der Waals surface area contributed by atoms with Gasteiger partial charge in [-0.05, 0) is 6.42 Å². The van der Waals surface area contributed by atoms with Crippen LogP contribution in [0.2, 0.25) is 0 Å². The first-order chi connectivity index (χ1) is 2.91. The summed E-state index contributed by atoms with van der Waals surface area (Å²) in [5.41, 5.74) is 0. The molecule has 0 amide bonds. The van der Waals surface area contributed by atoms with E-state index in [0.717, 1.165) is 0 Å². The van der Waals surface area contributed by atoms with Crippen LogP contribution in [-0.4, -0.2) is 18.3 Å². The molecular weight excluding hydrogens is 82.0 g/mol. The Bertz CT molecular complexity index is 37.8. The van der Waals surface area contributed by atoms with Gasteiger partial charge in [-0.15, -0.1) is 0 Å². The van der Waals surface area contributed by atoms with Crippen molar-refractivity contribution < 1.29 is 5.11 Å². The minimum Gasteiger partial charge on any atom is -0.396 e. The highest BCUT2D eigenvalue weighted by Crippen LogP contribution is 1.73. The topological polar surface area (TPSA) is 49.7 Å². The smallest absolute Gasteiger partial charge is 0.0833 e. The maximum Gasteiger partial charge on any atom is 0.0833 e. The number of nitroso groups, excluding NO2 is 1. The van der Waals surface area contributed by atoms with Crippen LogP contribution in [0.5, 0.6) is 0 Å². The number of aliphatic hydroxyl groups is 1. The summed E-state index contributed by atoms with van der Waals surface area (Å²) in [4.78, 5) is 9.20. The molecule has 0 rings (SSSR count). The Morgan fingerprint density at radius 1 is 1.67 bits per heavy atom. The molecule has 0 radical (unpaired) electrons. The summed E-state index contributed by atoms with van der Waals surface area (Å²) in [6, 6.07) is 0. The van der Waals surface area contributed by atoms with Crippen LogP contribution in [0.1, 0.15) is 6.42 Å². The summed E-state index contributed by atoms with van der Waals surface area (Å²) in [6.45, 7) is 0.294. The fourth-order valence-corrected chi connectivity index (χ4v) is 0.135. The molecule has 0 aromatic carbocycles. The molecule has 6 heavy (non-hydrogen) atoms. The second kappa shape index (κ2) is 4.56. The zero-order valence-electron chi connectivity index (χ0n) is 3.42. The van der Waals surface area contributed by atoms with E-state index in [1.54, 1.807) is 0 Å². The second-order valence-corrected chi connectivity index (χ2v) is 0.930. The molecule has 3 heteroatoms. The standard InChI is InChI=1S/C3H7NO2/c5-3-1-2-4-6/h5H,1-3H2. The highest BCUT2D eigenvalue weighted by Gasteiger charge is 1.76. The first-order valence-corrected chi connectivity index (χ1v) is 1.82. The highest BCUT2D eigenvalue weighted by atomic mass is 16.3. The highest BCUT2D eigenvalue weighted by molar-refractivity contribution is 4.36. The number of nitrogens with zero attached hydrogens (tertiary/aromatic N) is 1. The molecule has 0 fully saturated rings. The van der Waals surface area contributed by atoms with Gasteiger partial charge < -0.3 is 5.11 Å². The Morgan fingerprint density at radius 3 is 2.50 bits per heavy atom. The van der Waals surface area contributed by atoms with Gasteiger partial charge in [-0.1, -0.05) is 5.18 Å². The molecule has 0 aromatic heterocycles. The van der Waals surface area contributed by atoms with Crippen molar-refractivity contribution in [1.82, 2.24) is 0 Å². The molecular formula is C3H7NO2. The Balaban J connectivity index is 2.49. The normalized spacial score (nSPS) is 8.17. The molecule has 0 heterocycles. The molecule has 0 unspecified atom stereocenters. The Hall–Kier alpha value is -0.440. The minimum atomic E-state index is 0.0613. The van der Waals surface area contributed by atoms with Crippen LogP contribution in [0.4, 0.5) is 0 Å². The maximum absolute atomic E-state index is 9.20. The first kappa shape index (κ1) is 5.56. The van der Waals surface area contributed by atoms with Gasteiger partial charge >= 0.3 is 0 Å². The van der Waals surface area contributed by atoms with Crippen LogP contribution in [0.3, 0.4) is 0 Å². The summed E-state index contributed by atoms with van der Waals surface area (Å²) >= 11 is 0. The third-order valence-electron chi connectivity index (χ3n) is 0.408. The molecule has 0 aromatic rings. The second-order valence-electron chi connectivity index (χ2n) is 0.930. The molecule has 3 nitrogen and oxygen atoms in total. The molecule has 0 spiro atoms. The van der Waals surface area contributed by atoms with Crippen molar-refractivity contribution in [2.24, 2.45) is 5.18 Å². The van der Waals surface area contributed by atoms with E-state index in [9.17, 15) is 4.91 Å². The van der Waals surface area contributed by atoms with Crippen LogP contribution < -0.4 is 0 Å². The van der Waals surface area contributed by atoms with E-state index in [0.29, 0.717) is 6.42 Å².